The molecule has 0 N–H and O–H groups in total. The molecule has 0 fully saturated rings. The summed E-state index contributed by atoms with van der Waals surface area (Å²) < 4.78 is 35.5. The summed E-state index contributed by atoms with van der Waals surface area (Å²) >= 11 is 0. The van der Waals surface area contributed by atoms with Crippen LogP contribution >= 0.6 is 0 Å². The van der Waals surface area contributed by atoms with Gasteiger partial charge in [0, 0.05) is 12.5 Å². The van der Waals surface area contributed by atoms with E-state index < -0.39 is 19.4 Å². The van der Waals surface area contributed by atoms with Crippen LogP contribution in [0.25, 0.3) is 0 Å². The minimum atomic E-state index is -3.39. The highest BCUT2D eigenvalue weighted by Gasteiger charge is 2.10. The summed E-state index contributed by atoms with van der Waals surface area (Å²) in [4.78, 5) is 0. The lowest BCUT2D eigenvalue weighted by atomic mass is 10.2. The lowest BCUT2D eigenvalue weighted by Crippen LogP contribution is -2.11. The fourth-order valence-electron chi connectivity index (χ4n) is 1.19. The average molecular weight is 246 g/mol. The van der Waals surface area contributed by atoms with Gasteiger partial charge in [0.15, 0.2) is 9.84 Å². The van der Waals surface area contributed by atoms with Gasteiger partial charge >= 0.3 is 0 Å². The Morgan fingerprint density at radius 3 is 2.07 bits per heavy atom. The number of benzene rings is 1. The number of sulfone groups is 1. The van der Waals surface area contributed by atoms with Gasteiger partial charge in [-0.2, -0.15) is 0 Å². The SMILES string of the molecule is CS(C)(=O)=CS(=O)(=O)Cc1ccccc1. The molecular formula is C10H14O3S2. The molecule has 0 saturated carbocycles. The Morgan fingerprint density at radius 2 is 1.60 bits per heavy atom. The van der Waals surface area contributed by atoms with Crippen molar-refractivity contribution in [1.29, 1.82) is 0 Å². The molecule has 3 nitrogen and oxygen atoms in total. The first kappa shape index (κ1) is 12.3. The summed E-state index contributed by atoms with van der Waals surface area (Å²) in [5, 5.41) is 0. The maximum Gasteiger partial charge on any atom is 0.183 e. The molecule has 1 aromatic rings. The zero-order valence-corrected chi connectivity index (χ0v) is 10.3. The van der Waals surface area contributed by atoms with Crippen molar-refractivity contribution in [2.45, 2.75) is 5.75 Å². The third-order valence-electron chi connectivity index (χ3n) is 1.59. The number of hydrogen-bond acceptors (Lipinski definition) is 3. The van der Waals surface area contributed by atoms with Crippen molar-refractivity contribution < 1.29 is 12.6 Å². The Labute approximate surface area is 91.1 Å². The summed E-state index contributed by atoms with van der Waals surface area (Å²) in [5.74, 6) is -0.0908. The third-order valence-corrected chi connectivity index (χ3v) is 5.35. The van der Waals surface area contributed by atoms with E-state index in [2.05, 4.69) is 0 Å². The zero-order chi connectivity index (χ0) is 11.5. The van der Waals surface area contributed by atoms with E-state index in [0.29, 0.717) is 5.56 Å². The second kappa shape index (κ2) is 4.37. The minimum Gasteiger partial charge on any atom is -0.267 e. The van der Waals surface area contributed by atoms with Gasteiger partial charge < -0.3 is 0 Å². The van der Waals surface area contributed by atoms with Gasteiger partial charge in [0.2, 0.25) is 0 Å². The average Bonchev–Trinajstić information content (AvgIpc) is 1.99. The molecule has 0 heterocycles. The summed E-state index contributed by atoms with van der Waals surface area (Å²) in [6.45, 7) is 0. The summed E-state index contributed by atoms with van der Waals surface area (Å²) in [6, 6.07) is 8.85. The fraction of sp³-hybridized carbons (Fsp3) is 0.300. The molecule has 1 aromatic carbocycles. The van der Waals surface area contributed by atoms with Crippen molar-refractivity contribution >= 4 is 24.1 Å². The van der Waals surface area contributed by atoms with E-state index in [1.807, 2.05) is 6.07 Å². The van der Waals surface area contributed by atoms with Crippen LogP contribution in [0.1, 0.15) is 5.56 Å². The van der Waals surface area contributed by atoms with Gasteiger partial charge in [-0.1, -0.05) is 30.3 Å². The van der Waals surface area contributed by atoms with Gasteiger partial charge in [0.1, 0.15) is 0 Å². The van der Waals surface area contributed by atoms with Crippen LogP contribution in [0.15, 0.2) is 30.3 Å². The highest BCUT2D eigenvalue weighted by molar-refractivity contribution is 8.20. The van der Waals surface area contributed by atoms with Crippen LogP contribution in [0.4, 0.5) is 0 Å². The van der Waals surface area contributed by atoms with Gasteiger partial charge in [-0.25, -0.2) is 8.42 Å². The van der Waals surface area contributed by atoms with Gasteiger partial charge in [-0.15, -0.1) is 0 Å². The molecule has 0 amide bonds. The lowest BCUT2D eigenvalue weighted by molar-refractivity contribution is 0.607. The zero-order valence-electron chi connectivity index (χ0n) is 8.71. The van der Waals surface area contributed by atoms with Gasteiger partial charge in [-0.3, -0.25) is 4.21 Å². The first-order valence-corrected chi connectivity index (χ1v) is 8.49. The van der Waals surface area contributed by atoms with Crippen molar-refractivity contribution in [3.05, 3.63) is 35.9 Å². The van der Waals surface area contributed by atoms with Crippen LogP contribution in [0.5, 0.6) is 0 Å². The highest BCUT2D eigenvalue weighted by Crippen LogP contribution is 2.04. The highest BCUT2D eigenvalue weighted by atomic mass is 32.3. The van der Waals surface area contributed by atoms with Crippen molar-refractivity contribution in [3.63, 3.8) is 0 Å². The molecule has 84 valence electrons. The number of rotatable bonds is 3. The second-order valence-electron chi connectivity index (χ2n) is 3.70. The van der Waals surface area contributed by atoms with Crippen molar-refractivity contribution in [3.8, 4) is 0 Å². The Hall–Kier alpha value is -0.810. The van der Waals surface area contributed by atoms with E-state index in [4.69, 9.17) is 0 Å². The summed E-state index contributed by atoms with van der Waals surface area (Å²) in [7, 11) is -5.76. The van der Waals surface area contributed by atoms with Gasteiger partial charge in [0.25, 0.3) is 0 Å². The van der Waals surface area contributed by atoms with Crippen LogP contribution in [0, 0.1) is 0 Å². The lowest BCUT2D eigenvalue weighted by Gasteiger charge is -2.00. The van der Waals surface area contributed by atoms with Crippen molar-refractivity contribution in [1.82, 2.24) is 0 Å². The first-order valence-electron chi connectivity index (χ1n) is 4.34. The van der Waals surface area contributed by atoms with Gasteiger partial charge in [0.05, 0.1) is 10.5 Å². The van der Waals surface area contributed by atoms with E-state index in [9.17, 15) is 12.6 Å². The normalized spacial score (nSPS) is 12.4. The molecule has 15 heavy (non-hydrogen) atoms. The van der Waals surface area contributed by atoms with Crippen LogP contribution in [-0.2, 0) is 25.1 Å². The summed E-state index contributed by atoms with van der Waals surface area (Å²) in [6.07, 6.45) is 2.82. The second-order valence-corrected chi connectivity index (χ2v) is 8.70. The monoisotopic (exact) mass is 246 g/mol. The largest absolute Gasteiger partial charge is 0.267 e. The molecule has 0 unspecified atom stereocenters. The molecule has 0 saturated heterocycles. The van der Waals surface area contributed by atoms with Crippen molar-refractivity contribution in [2.24, 2.45) is 0 Å². The predicted octanol–water partition coefficient (Wildman–Crippen LogP) is 0.905. The first-order chi connectivity index (χ1) is 6.79. The Balaban J connectivity index is 2.99. The molecule has 0 spiro atoms. The quantitative estimate of drug-likeness (QED) is 0.745. The topological polar surface area (TPSA) is 51.2 Å². The van der Waals surface area contributed by atoms with E-state index in [-0.39, 0.29) is 5.75 Å². The third kappa shape index (κ3) is 4.99. The molecular weight excluding hydrogens is 232 g/mol. The maximum atomic E-state index is 11.6. The molecule has 0 aliphatic carbocycles. The Kier molecular flexibility index (Phi) is 3.57. The van der Waals surface area contributed by atoms with Crippen LogP contribution in [0.3, 0.4) is 0 Å². The standard InChI is InChI=1S/C10H14O3S2/c1-14(2,11)9-15(12,13)8-10-6-4-3-5-7-10/h3-7,9H,8H2,1-2H3. The smallest absolute Gasteiger partial charge is 0.183 e. The minimum absolute atomic E-state index is 0.0908. The van der Waals surface area contributed by atoms with Crippen LogP contribution in [-0.4, -0.2) is 29.8 Å². The van der Waals surface area contributed by atoms with Crippen LogP contribution in [0.2, 0.25) is 0 Å². The van der Waals surface area contributed by atoms with Gasteiger partial charge in [-0.05, 0) is 15.1 Å². The Morgan fingerprint density at radius 1 is 1.07 bits per heavy atom. The molecule has 0 aromatic heterocycles. The molecule has 0 aliphatic rings. The molecule has 0 aliphatic heterocycles. The van der Waals surface area contributed by atoms with E-state index in [1.165, 1.54) is 12.5 Å². The molecule has 0 bridgehead atoms. The molecule has 1 rings (SSSR count). The molecule has 0 atom stereocenters. The Bertz CT molecular complexity index is 527. The van der Waals surface area contributed by atoms with E-state index >= 15 is 0 Å². The summed E-state index contributed by atoms with van der Waals surface area (Å²) in [5.41, 5.74) is 0.706. The fourth-order valence-corrected chi connectivity index (χ4v) is 4.95. The molecule has 5 heteroatoms. The number of hydrogen-bond donors (Lipinski definition) is 0. The van der Waals surface area contributed by atoms with Crippen molar-refractivity contribution in [2.75, 3.05) is 12.5 Å². The predicted molar refractivity (Wildman–Crippen MR) is 65.1 cm³/mol. The van der Waals surface area contributed by atoms with Crippen LogP contribution < -0.4 is 0 Å². The van der Waals surface area contributed by atoms with E-state index in [0.717, 1.165) is 4.70 Å². The van der Waals surface area contributed by atoms with E-state index in [1.54, 1.807) is 24.3 Å². The maximum absolute atomic E-state index is 11.6. The molecule has 0 radical (unpaired) electrons.